The smallest absolute Gasteiger partial charge is 0.328 e. The highest BCUT2D eigenvalue weighted by molar-refractivity contribution is 6.35. The van der Waals surface area contributed by atoms with Crippen LogP contribution in [0.25, 0.3) is 0 Å². The third kappa shape index (κ3) is 4.05. The Balaban J connectivity index is 1.55. The summed E-state index contributed by atoms with van der Waals surface area (Å²) in [5.41, 5.74) is -0.247. The minimum Gasteiger partial charge on any atom is -0.454 e. The number of benzene rings is 2. The van der Waals surface area contributed by atoms with Crippen molar-refractivity contribution in [3.8, 4) is 11.5 Å². The van der Waals surface area contributed by atoms with Gasteiger partial charge in [-0.1, -0.05) is 35.3 Å². The molecule has 0 aliphatic carbocycles. The van der Waals surface area contributed by atoms with E-state index in [2.05, 4.69) is 10.3 Å². The molecule has 0 atom stereocenters. The first-order valence-electron chi connectivity index (χ1n) is 8.85. The van der Waals surface area contributed by atoms with Crippen LogP contribution in [0, 0.1) is 0 Å². The minimum atomic E-state index is -0.712. The van der Waals surface area contributed by atoms with E-state index in [0.717, 1.165) is 10.8 Å². The number of H-pyrrole nitrogens is 1. The molecule has 1 amide bonds. The van der Waals surface area contributed by atoms with E-state index >= 15 is 0 Å². The van der Waals surface area contributed by atoms with E-state index in [9.17, 15) is 14.4 Å². The number of nitrogens with zero attached hydrogens (tertiary/aromatic N) is 1. The number of hydrogen-bond acceptors (Lipinski definition) is 5. The Labute approximate surface area is 180 Å². The summed E-state index contributed by atoms with van der Waals surface area (Å²) in [5, 5.41) is 3.49. The van der Waals surface area contributed by atoms with Crippen molar-refractivity contribution in [1.82, 2.24) is 14.9 Å². The summed E-state index contributed by atoms with van der Waals surface area (Å²) in [7, 11) is 0. The van der Waals surface area contributed by atoms with E-state index in [1.807, 2.05) is 0 Å². The topological polar surface area (TPSA) is 102 Å². The van der Waals surface area contributed by atoms with Gasteiger partial charge in [0.05, 0.1) is 6.54 Å². The molecule has 0 saturated heterocycles. The second-order valence-corrected chi connectivity index (χ2v) is 7.35. The highest BCUT2D eigenvalue weighted by Crippen LogP contribution is 2.32. The number of carbonyl (C=O) groups excluding carboxylic acids is 1. The molecule has 0 bridgehead atoms. The Hall–Kier alpha value is -3.23. The number of aromatic amines is 1. The normalized spacial score (nSPS) is 12.1. The fraction of sp³-hybridized carbons (Fsp3) is 0.150. The van der Waals surface area contributed by atoms with Crippen molar-refractivity contribution < 1.29 is 14.3 Å². The second-order valence-electron chi connectivity index (χ2n) is 6.50. The predicted molar refractivity (Wildman–Crippen MR) is 111 cm³/mol. The summed E-state index contributed by atoms with van der Waals surface area (Å²) in [6.45, 7) is 0.178. The molecule has 1 aliphatic heterocycles. The summed E-state index contributed by atoms with van der Waals surface area (Å²) in [5.74, 6) is 0.487. The number of ether oxygens (including phenoxy) is 2. The highest BCUT2D eigenvalue weighted by Gasteiger charge is 2.17. The highest BCUT2D eigenvalue weighted by atomic mass is 35.5. The lowest BCUT2D eigenvalue weighted by molar-refractivity contribution is 0.0948. The summed E-state index contributed by atoms with van der Waals surface area (Å²) in [6, 6.07) is 9.98. The number of nitrogens with one attached hydrogen (secondary N) is 2. The van der Waals surface area contributed by atoms with Crippen LogP contribution in [-0.4, -0.2) is 22.3 Å². The number of carbonyl (C=O) groups is 1. The van der Waals surface area contributed by atoms with Crippen LogP contribution in [0.5, 0.6) is 11.5 Å². The van der Waals surface area contributed by atoms with Gasteiger partial charge in [0.25, 0.3) is 11.5 Å². The molecular weight excluding hydrogens is 433 g/mol. The predicted octanol–water partition coefficient (Wildman–Crippen LogP) is 2.55. The van der Waals surface area contributed by atoms with Gasteiger partial charge in [0.2, 0.25) is 6.79 Å². The van der Waals surface area contributed by atoms with Gasteiger partial charge in [-0.25, -0.2) is 4.79 Å². The van der Waals surface area contributed by atoms with E-state index < -0.39 is 17.2 Å². The maximum absolute atomic E-state index is 12.8. The Morgan fingerprint density at radius 1 is 1.10 bits per heavy atom. The standard InChI is InChI=1S/C20H15Cl2N3O5/c21-13-3-2-12(15(22)6-13)7-23-18(26)14-8-24-20(28)25(19(14)27)9-11-1-4-16-17(5-11)30-10-29-16/h1-6,8H,7,9-10H2,(H,23,26)(H,24,28). The number of fused-ring (bicyclic) bond motifs is 1. The maximum Gasteiger partial charge on any atom is 0.328 e. The molecule has 1 aliphatic rings. The molecule has 10 heteroatoms. The van der Waals surface area contributed by atoms with Gasteiger partial charge in [-0.2, -0.15) is 0 Å². The third-order valence-electron chi connectivity index (χ3n) is 4.54. The largest absolute Gasteiger partial charge is 0.454 e. The molecule has 2 aromatic carbocycles. The molecule has 2 N–H and O–H groups in total. The number of halogens is 2. The van der Waals surface area contributed by atoms with Crippen molar-refractivity contribution in [2.45, 2.75) is 13.1 Å². The SMILES string of the molecule is O=C(NCc1ccc(Cl)cc1Cl)c1c[nH]c(=O)n(Cc2ccc3c(c2)OCO3)c1=O. The van der Waals surface area contributed by atoms with Gasteiger partial charge in [-0.15, -0.1) is 0 Å². The van der Waals surface area contributed by atoms with Crippen LogP contribution in [0.15, 0.2) is 52.2 Å². The zero-order valence-corrected chi connectivity index (χ0v) is 16.9. The van der Waals surface area contributed by atoms with Crippen molar-refractivity contribution in [3.63, 3.8) is 0 Å². The van der Waals surface area contributed by atoms with Crippen molar-refractivity contribution in [2.75, 3.05) is 6.79 Å². The number of rotatable bonds is 5. The molecule has 4 rings (SSSR count). The first-order valence-corrected chi connectivity index (χ1v) is 9.61. The third-order valence-corrected chi connectivity index (χ3v) is 5.12. The zero-order valence-electron chi connectivity index (χ0n) is 15.4. The van der Waals surface area contributed by atoms with Gasteiger partial charge in [-0.05, 0) is 35.4 Å². The molecule has 0 saturated carbocycles. The molecule has 8 nitrogen and oxygen atoms in total. The molecule has 3 aromatic rings. The van der Waals surface area contributed by atoms with E-state index in [4.69, 9.17) is 32.7 Å². The Morgan fingerprint density at radius 3 is 2.70 bits per heavy atom. The number of hydrogen-bond donors (Lipinski definition) is 2. The Kier molecular flexibility index (Phi) is 5.52. The second kappa shape index (κ2) is 8.25. The van der Waals surface area contributed by atoms with Crippen LogP contribution < -0.4 is 26.0 Å². The van der Waals surface area contributed by atoms with E-state index in [1.54, 1.807) is 36.4 Å². The van der Waals surface area contributed by atoms with Gasteiger partial charge in [0.15, 0.2) is 11.5 Å². The number of aromatic nitrogens is 2. The van der Waals surface area contributed by atoms with Crippen LogP contribution in [0.3, 0.4) is 0 Å². The molecular formula is C20H15Cl2N3O5. The molecule has 0 spiro atoms. The van der Waals surface area contributed by atoms with Crippen molar-refractivity contribution in [2.24, 2.45) is 0 Å². The number of amides is 1. The molecule has 1 aromatic heterocycles. The molecule has 30 heavy (non-hydrogen) atoms. The summed E-state index contributed by atoms with van der Waals surface area (Å²) in [6.07, 6.45) is 1.10. The Bertz CT molecular complexity index is 1250. The van der Waals surface area contributed by atoms with Crippen LogP contribution in [0.2, 0.25) is 10.0 Å². The van der Waals surface area contributed by atoms with Gasteiger partial charge in [0, 0.05) is 22.8 Å². The molecule has 0 unspecified atom stereocenters. The van der Waals surface area contributed by atoms with E-state index in [0.29, 0.717) is 32.7 Å². The van der Waals surface area contributed by atoms with Gasteiger partial charge >= 0.3 is 5.69 Å². The molecule has 2 heterocycles. The van der Waals surface area contributed by atoms with Crippen molar-refractivity contribution in [1.29, 1.82) is 0 Å². The van der Waals surface area contributed by atoms with E-state index in [-0.39, 0.29) is 25.4 Å². The monoisotopic (exact) mass is 447 g/mol. The average molecular weight is 448 g/mol. The van der Waals surface area contributed by atoms with Crippen LogP contribution >= 0.6 is 23.2 Å². The fourth-order valence-corrected chi connectivity index (χ4v) is 3.45. The van der Waals surface area contributed by atoms with Crippen molar-refractivity contribution >= 4 is 29.1 Å². The van der Waals surface area contributed by atoms with E-state index in [1.165, 1.54) is 0 Å². The molecule has 0 radical (unpaired) electrons. The van der Waals surface area contributed by atoms with Crippen molar-refractivity contribution in [3.05, 3.63) is 90.2 Å². The zero-order chi connectivity index (χ0) is 21.3. The lowest BCUT2D eigenvalue weighted by Gasteiger charge is -2.09. The van der Waals surface area contributed by atoms with Gasteiger partial charge in [-0.3, -0.25) is 14.2 Å². The lowest BCUT2D eigenvalue weighted by Crippen LogP contribution is -2.40. The first-order chi connectivity index (χ1) is 14.4. The maximum atomic E-state index is 12.8. The molecule has 154 valence electrons. The van der Waals surface area contributed by atoms with Crippen LogP contribution in [0.4, 0.5) is 0 Å². The quantitative estimate of drug-likeness (QED) is 0.625. The minimum absolute atomic E-state index is 0.0328. The summed E-state index contributed by atoms with van der Waals surface area (Å²) < 4.78 is 11.5. The first kappa shape index (κ1) is 20.1. The summed E-state index contributed by atoms with van der Waals surface area (Å²) in [4.78, 5) is 39.9. The van der Waals surface area contributed by atoms with Crippen LogP contribution in [0.1, 0.15) is 21.5 Å². The lowest BCUT2D eigenvalue weighted by atomic mass is 10.2. The van der Waals surface area contributed by atoms with Gasteiger partial charge < -0.3 is 19.8 Å². The van der Waals surface area contributed by atoms with Gasteiger partial charge in [0.1, 0.15) is 5.56 Å². The summed E-state index contributed by atoms with van der Waals surface area (Å²) >= 11 is 12.0. The molecule has 0 fully saturated rings. The average Bonchev–Trinajstić information content (AvgIpc) is 3.18. The Morgan fingerprint density at radius 2 is 1.90 bits per heavy atom. The van der Waals surface area contributed by atoms with Crippen LogP contribution in [-0.2, 0) is 13.1 Å². The fourth-order valence-electron chi connectivity index (χ4n) is 2.98.